The topological polar surface area (TPSA) is 32.3 Å². The molecule has 0 aliphatic carbocycles. The van der Waals surface area contributed by atoms with E-state index in [1.54, 1.807) is 0 Å². The molecule has 0 saturated heterocycles. The van der Waals surface area contributed by atoms with Crippen LogP contribution in [-0.2, 0) is 6.42 Å². The Morgan fingerprint density at radius 1 is 0.562 bits per heavy atom. The molecule has 0 heterocycles. The molecule has 2 N–H and O–H groups in total. The molecule has 0 amide bonds. The van der Waals surface area contributed by atoms with E-state index in [1.165, 1.54) is 102 Å². The number of aryl methyl sites for hydroxylation is 1. The first-order valence-electron chi connectivity index (χ1n) is 13.3. The number of unbranched alkanes of at least 4 members (excludes halogenated alkanes) is 13. The highest BCUT2D eigenvalue weighted by molar-refractivity contribution is 5.59. The van der Waals surface area contributed by atoms with Gasteiger partial charge in [-0.05, 0) is 56.0 Å². The van der Waals surface area contributed by atoms with Crippen LogP contribution in [0.2, 0.25) is 0 Å². The SMILES string of the molecule is CC(O)CCCCCCCCCCCCCCCCc1ccc(Nc2ccccc2)cc1. The quantitative estimate of drug-likeness (QED) is 0.215. The number of hydrogen-bond acceptors (Lipinski definition) is 2. The number of aliphatic hydroxyl groups is 1. The highest BCUT2D eigenvalue weighted by Crippen LogP contribution is 2.18. The normalized spacial score (nSPS) is 12.1. The molecular formula is C30H47NO. The predicted molar refractivity (Wildman–Crippen MR) is 141 cm³/mol. The van der Waals surface area contributed by atoms with Crippen LogP contribution in [0.25, 0.3) is 0 Å². The Hall–Kier alpha value is -1.80. The van der Waals surface area contributed by atoms with Gasteiger partial charge in [-0.2, -0.15) is 0 Å². The first-order chi connectivity index (χ1) is 15.7. The molecule has 0 spiro atoms. The van der Waals surface area contributed by atoms with Gasteiger partial charge in [-0.3, -0.25) is 0 Å². The zero-order valence-corrected chi connectivity index (χ0v) is 20.5. The van der Waals surface area contributed by atoms with Crippen molar-refractivity contribution in [1.82, 2.24) is 0 Å². The number of hydrogen-bond donors (Lipinski definition) is 2. The Labute approximate surface area is 197 Å². The fraction of sp³-hybridized carbons (Fsp3) is 0.600. The van der Waals surface area contributed by atoms with Gasteiger partial charge < -0.3 is 10.4 Å². The van der Waals surface area contributed by atoms with Crippen molar-refractivity contribution in [3.63, 3.8) is 0 Å². The van der Waals surface area contributed by atoms with Gasteiger partial charge in [0.15, 0.2) is 0 Å². The molecule has 0 aliphatic rings. The van der Waals surface area contributed by atoms with Crippen molar-refractivity contribution in [3.05, 3.63) is 60.2 Å². The second-order valence-corrected chi connectivity index (χ2v) is 9.53. The van der Waals surface area contributed by atoms with Crippen LogP contribution in [0.15, 0.2) is 54.6 Å². The van der Waals surface area contributed by atoms with Gasteiger partial charge in [0.1, 0.15) is 0 Å². The van der Waals surface area contributed by atoms with Crippen molar-refractivity contribution in [2.24, 2.45) is 0 Å². The summed E-state index contributed by atoms with van der Waals surface area (Å²) < 4.78 is 0. The first-order valence-corrected chi connectivity index (χ1v) is 13.3. The lowest BCUT2D eigenvalue weighted by molar-refractivity contribution is 0.180. The summed E-state index contributed by atoms with van der Waals surface area (Å²) in [7, 11) is 0. The minimum Gasteiger partial charge on any atom is -0.393 e. The number of benzene rings is 2. The summed E-state index contributed by atoms with van der Waals surface area (Å²) in [5.41, 5.74) is 3.75. The molecule has 2 aromatic rings. The molecular weight excluding hydrogens is 390 g/mol. The molecule has 0 aromatic heterocycles. The van der Waals surface area contributed by atoms with Crippen LogP contribution in [0, 0.1) is 0 Å². The lowest BCUT2D eigenvalue weighted by Gasteiger charge is -2.07. The molecule has 0 fully saturated rings. The molecule has 2 aromatic carbocycles. The smallest absolute Gasteiger partial charge is 0.0512 e. The van der Waals surface area contributed by atoms with Gasteiger partial charge in [-0.15, -0.1) is 0 Å². The van der Waals surface area contributed by atoms with Gasteiger partial charge in [0.25, 0.3) is 0 Å². The molecule has 1 atom stereocenters. The number of aliphatic hydroxyl groups excluding tert-OH is 1. The molecule has 1 unspecified atom stereocenters. The molecule has 32 heavy (non-hydrogen) atoms. The van der Waals surface area contributed by atoms with E-state index < -0.39 is 0 Å². The van der Waals surface area contributed by atoms with E-state index in [9.17, 15) is 5.11 Å². The predicted octanol–water partition coefficient (Wildman–Crippen LogP) is 9.21. The summed E-state index contributed by atoms with van der Waals surface area (Å²) in [6, 6.07) is 19.3. The largest absolute Gasteiger partial charge is 0.393 e. The van der Waals surface area contributed by atoms with Crippen LogP contribution >= 0.6 is 0 Å². The summed E-state index contributed by atoms with van der Waals surface area (Å²) in [6.45, 7) is 1.89. The molecule has 0 bridgehead atoms. The summed E-state index contributed by atoms with van der Waals surface area (Å²) in [5.74, 6) is 0. The minimum atomic E-state index is -0.115. The van der Waals surface area contributed by atoms with Crippen LogP contribution in [0.1, 0.15) is 109 Å². The van der Waals surface area contributed by atoms with Crippen LogP contribution in [0.4, 0.5) is 11.4 Å². The zero-order chi connectivity index (χ0) is 22.7. The van der Waals surface area contributed by atoms with E-state index >= 15 is 0 Å². The summed E-state index contributed by atoms with van der Waals surface area (Å²) in [6.07, 6.45) is 21.2. The van der Waals surface area contributed by atoms with Gasteiger partial charge in [-0.25, -0.2) is 0 Å². The maximum atomic E-state index is 9.25. The molecule has 178 valence electrons. The van der Waals surface area contributed by atoms with E-state index in [0.717, 1.165) is 17.8 Å². The maximum absolute atomic E-state index is 9.25. The molecule has 2 rings (SSSR count). The molecule has 2 heteroatoms. The third-order valence-corrected chi connectivity index (χ3v) is 6.35. The van der Waals surface area contributed by atoms with Crippen LogP contribution in [0.5, 0.6) is 0 Å². The highest BCUT2D eigenvalue weighted by Gasteiger charge is 1.98. The fourth-order valence-electron chi connectivity index (χ4n) is 4.33. The number of para-hydroxylation sites is 1. The van der Waals surface area contributed by atoms with Gasteiger partial charge in [0.2, 0.25) is 0 Å². The van der Waals surface area contributed by atoms with Crippen molar-refractivity contribution < 1.29 is 5.11 Å². The Morgan fingerprint density at radius 3 is 1.50 bits per heavy atom. The van der Waals surface area contributed by atoms with Crippen molar-refractivity contribution in [2.45, 2.75) is 116 Å². The van der Waals surface area contributed by atoms with Crippen molar-refractivity contribution in [3.8, 4) is 0 Å². The number of nitrogens with one attached hydrogen (secondary N) is 1. The molecule has 0 saturated carbocycles. The summed E-state index contributed by atoms with van der Waals surface area (Å²) >= 11 is 0. The second kappa shape index (κ2) is 17.7. The standard InChI is InChI=1S/C30H47NO/c1-27(32)19-15-12-10-8-6-4-2-3-5-7-9-11-13-16-20-28-23-25-30(26-24-28)31-29-21-17-14-18-22-29/h14,17-18,21-27,31-32H,2-13,15-16,19-20H2,1H3. The molecule has 0 aliphatic heterocycles. The lowest BCUT2D eigenvalue weighted by atomic mass is 10.0. The van der Waals surface area contributed by atoms with Gasteiger partial charge >= 0.3 is 0 Å². The Morgan fingerprint density at radius 2 is 1.00 bits per heavy atom. The third kappa shape index (κ3) is 13.6. The Balaban J connectivity index is 1.35. The highest BCUT2D eigenvalue weighted by atomic mass is 16.3. The van der Waals surface area contributed by atoms with Gasteiger partial charge in [0.05, 0.1) is 6.10 Å². The van der Waals surface area contributed by atoms with Crippen LogP contribution in [0.3, 0.4) is 0 Å². The van der Waals surface area contributed by atoms with E-state index in [-0.39, 0.29) is 6.10 Å². The van der Waals surface area contributed by atoms with Crippen LogP contribution in [-0.4, -0.2) is 11.2 Å². The average Bonchev–Trinajstić information content (AvgIpc) is 2.80. The van der Waals surface area contributed by atoms with E-state index in [1.807, 2.05) is 13.0 Å². The molecule has 0 radical (unpaired) electrons. The van der Waals surface area contributed by atoms with Gasteiger partial charge in [-0.1, -0.05) is 114 Å². The maximum Gasteiger partial charge on any atom is 0.0512 e. The number of anilines is 2. The third-order valence-electron chi connectivity index (χ3n) is 6.35. The molecule has 2 nitrogen and oxygen atoms in total. The van der Waals surface area contributed by atoms with Crippen molar-refractivity contribution in [2.75, 3.05) is 5.32 Å². The zero-order valence-electron chi connectivity index (χ0n) is 20.5. The second-order valence-electron chi connectivity index (χ2n) is 9.53. The number of rotatable bonds is 19. The Kier molecular flexibility index (Phi) is 14.6. The van der Waals surface area contributed by atoms with Gasteiger partial charge in [0, 0.05) is 11.4 Å². The van der Waals surface area contributed by atoms with Crippen LogP contribution < -0.4 is 5.32 Å². The average molecular weight is 438 g/mol. The Bertz CT molecular complexity index is 665. The van der Waals surface area contributed by atoms with E-state index in [4.69, 9.17) is 0 Å². The minimum absolute atomic E-state index is 0.115. The fourth-order valence-corrected chi connectivity index (χ4v) is 4.33. The van der Waals surface area contributed by atoms with E-state index in [2.05, 4.69) is 53.8 Å². The monoisotopic (exact) mass is 437 g/mol. The summed E-state index contributed by atoms with van der Waals surface area (Å²) in [4.78, 5) is 0. The van der Waals surface area contributed by atoms with Crippen molar-refractivity contribution in [1.29, 1.82) is 0 Å². The lowest BCUT2D eigenvalue weighted by Crippen LogP contribution is -1.98. The first kappa shape index (κ1) is 26.5. The van der Waals surface area contributed by atoms with Crippen molar-refractivity contribution >= 4 is 11.4 Å². The summed E-state index contributed by atoms with van der Waals surface area (Å²) in [5, 5.41) is 12.7. The van der Waals surface area contributed by atoms with E-state index in [0.29, 0.717) is 0 Å².